The maximum absolute atomic E-state index is 12.3. The summed E-state index contributed by atoms with van der Waals surface area (Å²) < 4.78 is 3.09. The molecule has 4 aromatic rings. The van der Waals surface area contributed by atoms with E-state index in [-0.39, 0.29) is 5.91 Å². The van der Waals surface area contributed by atoms with Gasteiger partial charge in [0.25, 0.3) is 0 Å². The summed E-state index contributed by atoms with van der Waals surface area (Å²) >= 11 is 1.66. The summed E-state index contributed by atoms with van der Waals surface area (Å²) in [5.74, 6) is -0.0438. The number of aromatic nitrogens is 2. The number of aryl methyl sites for hydroxylation is 1. The summed E-state index contributed by atoms with van der Waals surface area (Å²) in [5, 5.41) is 5.12. The second-order valence-electron chi connectivity index (χ2n) is 5.47. The molecule has 0 spiro atoms. The molecule has 0 atom stereocenters. The predicted molar refractivity (Wildman–Crippen MR) is 94.9 cm³/mol. The van der Waals surface area contributed by atoms with Gasteiger partial charge in [-0.2, -0.15) is 0 Å². The minimum absolute atomic E-state index is 0.0438. The van der Waals surface area contributed by atoms with E-state index in [1.807, 2.05) is 66.2 Å². The van der Waals surface area contributed by atoms with Gasteiger partial charge in [-0.1, -0.05) is 18.2 Å². The van der Waals surface area contributed by atoms with Gasteiger partial charge in [-0.25, -0.2) is 4.98 Å². The highest BCUT2D eigenvalue weighted by Gasteiger charge is 2.08. The lowest BCUT2D eigenvalue weighted by Crippen LogP contribution is -2.18. The van der Waals surface area contributed by atoms with Crippen LogP contribution >= 0.6 is 11.3 Å². The van der Waals surface area contributed by atoms with Gasteiger partial charge in [-0.3, -0.25) is 4.79 Å². The topological polar surface area (TPSA) is 46.9 Å². The molecular formula is C18H15N3OS. The Morgan fingerprint density at radius 2 is 2.09 bits per heavy atom. The number of para-hydroxylation sites is 1. The van der Waals surface area contributed by atoms with Gasteiger partial charge in [0.1, 0.15) is 6.54 Å². The normalized spacial score (nSPS) is 11.2. The Bertz CT molecular complexity index is 1020. The first-order chi connectivity index (χ1) is 11.2. The van der Waals surface area contributed by atoms with Crippen LogP contribution in [-0.2, 0) is 11.3 Å². The molecule has 114 valence electrons. The zero-order chi connectivity index (χ0) is 15.8. The predicted octanol–water partition coefficient (Wildman–Crippen LogP) is 4.20. The van der Waals surface area contributed by atoms with Crippen LogP contribution < -0.4 is 5.32 Å². The summed E-state index contributed by atoms with van der Waals surface area (Å²) in [7, 11) is 0. The van der Waals surface area contributed by atoms with Crippen molar-refractivity contribution in [1.29, 1.82) is 0 Å². The third-order valence-corrected chi connectivity index (χ3v) is 4.72. The molecule has 0 fully saturated rings. The number of nitrogens with zero attached hydrogens (tertiary/aromatic N) is 2. The molecule has 1 amide bonds. The van der Waals surface area contributed by atoms with E-state index in [1.165, 1.54) is 0 Å². The van der Waals surface area contributed by atoms with E-state index in [2.05, 4.69) is 10.3 Å². The van der Waals surface area contributed by atoms with Crippen LogP contribution in [0.1, 0.15) is 5.01 Å². The smallest absolute Gasteiger partial charge is 0.244 e. The number of fused-ring (bicyclic) bond motifs is 2. The number of hydrogen-bond donors (Lipinski definition) is 1. The Labute approximate surface area is 137 Å². The molecule has 2 heterocycles. The molecule has 4 rings (SSSR count). The number of amides is 1. The van der Waals surface area contributed by atoms with Crippen LogP contribution in [0.3, 0.4) is 0 Å². The first kappa shape index (κ1) is 14.0. The quantitative estimate of drug-likeness (QED) is 0.615. The minimum Gasteiger partial charge on any atom is -0.338 e. The van der Waals surface area contributed by atoms with Crippen molar-refractivity contribution in [3.8, 4) is 0 Å². The van der Waals surface area contributed by atoms with Crippen molar-refractivity contribution >= 4 is 44.1 Å². The van der Waals surface area contributed by atoms with Crippen molar-refractivity contribution in [3.05, 3.63) is 59.7 Å². The molecule has 0 bridgehead atoms. The van der Waals surface area contributed by atoms with Gasteiger partial charge >= 0.3 is 0 Å². The Morgan fingerprint density at radius 1 is 1.22 bits per heavy atom. The summed E-state index contributed by atoms with van der Waals surface area (Å²) in [4.78, 5) is 16.8. The highest BCUT2D eigenvalue weighted by Crippen LogP contribution is 2.24. The van der Waals surface area contributed by atoms with Gasteiger partial charge in [0, 0.05) is 17.4 Å². The second-order valence-corrected chi connectivity index (χ2v) is 6.70. The second kappa shape index (κ2) is 5.52. The zero-order valence-corrected chi connectivity index (χ0v) is 13.4. The van der Waals surface area contributed by atoms with E-state index >= 15 is 0 Å². The minimum atomic E-state index is -0.0438. The third-order valence-electron chi connectivity index (χ3n) is 3.77. The number of carbonyl (C=O) groups is 1. The van der Waals surface area contributed by atoms with E-state index in [4.69, 9.17) is 0 Å². The summed E-state index contributed by atoms with van der Waals surface area (Å²) in [5.41, 5.74) is 2.77. The average Bonchev–Trinajstić information content (AvgIpc) is 3.10. The molecule has 0 radical (unpaired) electrons. The number of hydrogen-bond acceptors (Lipinski definition) is 3. The van der Waals surface area contributed by atoms with Crippen LogP contribution in [0.15, 0.2) is 54.7 Å². The third kappa shape index (κ3) is 2.71. The number of anilines is 1. The van der Waals surface area contributed by atoms with Crippen molar-refractivity contribution in [2.45, 2.75) is 13.5 Å². The Hall–Kier alpha value is -2.66. The number of rotatable bonds is 3. The van der Waals surface area contributed by atoms with E-state index < -0.39 is 0 Å². The monoisotopic (exact) mass is 321 g/mol. The standard InChI is InChI=1S/C18H15N3OS/c1-12-19-15-10-14(6-7-17(15)23-12)20-18(22)11-21-9-8-13-4-2-3-5-16(13)21/h2-10H,11H2,1H3,(H,20,22). The Kier molecular flexibility index (Phi) is 3.35. The highest BCUT2D eigenvalue weighted by atomic mass is 32.1. The molecule has 23 heavy (non-hydrogen) atoms. The first-order valence-electron chi connectivity index (χ1n) is 7.40. The van der Waals surface area contributed by atoms with Crippen LogP contribution in [0.4, 0.5) is 5.69 Å². The van der Waals surface area contributed by atoms with Crippen LogP contribution in [0, 0.1) is 6.92 Å². The highest BCUT2D eigenvalue weighted by molar-refractivity contribution is 7.18. The van der Waals surface area contributed by atoms with Gasteiger partial charge in [0.05, 0.1) is 15.2 Å². The molecule has 0 aliphatic heterocycles. The van der Waals surface area contributed by atoms with Crippen LogP contribution in [-0.4, -0.2) is 15.5 Å². The van der Waals surface area contributed by atoms with Gasteiger partial charge < -0.3 is 9.88 Å². The molecule has 0 aliphatic rings. The molecule has 0 saturated carbocycles. The van der Waals surface area contributed by atoms with E-state index in [1.54, 1.807) is 11.3 Å². The fourth-order valence-electron chi connectivity index (χ4n) is 2.75. The van der Waals surface area contributed by atoms with Crippen molar-refractivity contribution in [1.82, 2.24) is 9.55 Å². The molecule has 0 aliphatic carbocycles. The molecule has 0 unspecified atom stereocenters. The summed E-state index contributed by atoms with van der Waals surface area (Å²) in [6, 6.07) is 15.9. The van der Waals surface area contributed by atoms with Gasteiger partial charge in [0.2, 0.25) is 5.91 Å². The lowest BCUT2D eigenvalue weighted by molar-refractivity contribution is -0.116. The summed E-state index contributed by atoms with van der Waals surface area (Å²) in [6.45, 7) is 2.28. The van der Waals surface area contributed by atoms with Crippen LogP contribution in [0.2, 0.25) is 0 Å². The first-order valence-corrected chi connectivity index (χ1v) is 8.22. The van der Waals surface area contributed by atoms with Crippen molar-refractivity contribution in [2.75, 3.05) is 5.32 Å². The van der Waals surface area contributed by atoms with E-state index in [0.29, 0.717) is 6.54 Å². The fraction of sp³-hybridized carbons (Fsp3) is 0.111. The summed E-state index contributed by atoms with van der Waals surface area (Å²) in [6.07, 6.45) is 1.94. The molecular weight excluding hydrogens is 306 g/mol. The van der Waals surface area contributed by atoms with Crippen molar-refractivity contribution in [3.63, 3.8) is 0 Å². The van der Waals surface area contributed by atoms with Crippen LogP contribution in [0.25, 0.3) is 21.1 Å². The van der Waals surface area contributed by atoms with Crippen LogP contribution in [0.5, 0.6) is 0 Å². The van der Waals surface area contributed by atoms with E-state index in [0.717, 1.165) is 31.8 Å². The van der Waals surface area contributed by atoms with Gasteiger partial charge in [-0.05, 0) is 42.6 Å². The number of carbonyl (C=O) groups excluding carboxylic acids is 1. The maximum Gasteiger partial charge on any atom is 0.244 e. The Balaban J connectivity index is 1.54. The number of thiazole rings is 1. The molecule has 0 saturated heterocycles. The molecule has 4 nitrogen and oxygen atoms in total. The molecule has 2 aromatic heterocycles. The lowest BCUT2D eigenvalue weighted by atomic mass is 10.2. The molecule has 5 heteroatoms. The zero-order valence-electron chi connectivity index (χ0n) is 12.6. The lowest BCUT2D eigenvalue weighted by Gasteiger charge is -2.07. The fourth-order valence-corrected chi connectivity index (χ4v) is 3.56. The molecule has 2 aromatic carbocycles. The number of benzene rings is 2. The largest absolute Gasteiger partial charge is 0.338 e. The molecule has 1 N–H and O–H groups in total. The average molecular weight is 321 g/mol. The van der Waals surface area contributed by atoms with Crippen molar-refractivity contribution < 1.29 is 4.79 Å². The van der Waals surface area contributed by atoms with Crippen molar-refractivity contribution in [2.24, 2.45) is 0 Å². The number of nitrogens with one attached hydrogen (secondary N) is 1. The van der Waals surface area contributed by atoms with Gasteiger partial charge in [-0.15, -0.1) is 11.3 Å². The Morgan fingerprint density at radius 3 is 3.00 bits per heavy atom. The van der Waals surface area contributed by atoms with Gasteiger partial charge in [0.15, 0.2) is 0 Å². The van der Waals surface area contributed by atoms with E-state index in [9.17, 15) is 4.79 Å². The SMILES string of the molecule is Cc1nc2cc(NC(=O)Cn3ccc4ccccc43)ccc2s1. The maximum atomic E-state index is 12.3.